The maximum Gasteiger partial charge on any atom is 0.253 e. The van der Waals surface area contributed by atoms with Gasteiger partial charge in [-0.25, -0.2) is 8.42 Å². The molecule has 0 aliphatic carbocycles. The fraction of sp³-hybridized carbons (Fsp3) is 0.500. The van der Waals surface area contributed by atoms with E-state index in [2.05, 4.69) is 0 Å². The van der Waals surface area contributed by atoms with E-state index in [-0.39, 0.29) is 27.5 Å². The van der Waals surface area contributed by atoms with Gasteiger partial charge in [0.05, 0.1) is 4.90 Å². The van der Waals surface area contributed by atoms with Crippen molar-refractivity contribution >= 4 is 21.4 Å². The molecule has 0 aromatic heterocycles. The standard InChI is InChI=1S/C14H22N2O3S/c1-14(2,3)9-16(4)13(17)10-6-11(15)8-12(7-10)20(5,18)19/h6-8H,9,15H2,1-5H3. The fourth-order valence-electron chi connectivity index (χ4n) is 1.96. The van der Waals surface area contributed by atoms with Crippen LogP contribution in [0.4, 0.5) is 5.69 Å². The first kappa shape index (κ1) is 16.5. The first-order valence-electron chi connectivity index (χ1n) is 6.26. The predicted molar refractivity (Wildman–Crippen MR) is 80.4 cm³/mol. The molecule has 0 saturated heterocycles. The average molecular weight is 298 g/mol. The average Bonchev–Trinajstić information content (AvgIpc) is 2.23. The molecule has 1 aromatic carbocycles. The second-order valence-corrected chi connectivity index (χ2v) is 8.30. The third-order valence-electron chi connectivity index (χ3n) is 2.66. The number of carbonyl (C=O) groups is 1. The number of anilines is 1. The van der Waals surface area contributed by atoms with Gasteiger partial charge in [0, 0.05) is 31.1 Å². The Balaban J connectivity index is 3.14. The van der Waals surface area contributed by atoms with E-state index in [0.29, 0.717) is 6.54 Å². The highest BCUT2D eigenvalue weighted by atomic mass is 32.2. The minimum Gasteiger partial charge on any atom is -0.399 e. The Labute approximate surface area is 120 Å². The van der Waals surface area contributed by atoms with Gasteiger partial charge in [0.25, 0.3) is 5.91 Å². The first-order valence-corrected chi connectivity index (χ1v) is 8.15. The van der Waals surface area contributed by atoms with Gasteiger partial charge in [0.2, 0.25) is 0 Å². The van der Waals surface area contributed by atoms with Crippen molar-refractivity contribution in [3.05, 3.63) is 23.8 Å². The molecule has 20 heavy (non-hydrogen) atoms. The van der Waals surface area contributed by atoms with E-state index < -0.39 is 9.84 Å². The van der Waals surface area contributed by atoms with Crippen molar-refractivity contribution < 1.29 is 13.2 Å². The molecule has 2 N–H and O–H groups in total. The minimum absolute atomic E-state index is 0.0373. The third kappa shape index (κ3) is 4.52. The molecule has 0 atom stereocenters. The van der Waals surface area contributed by atoms with Crippen LogP contribution >= 0.6 is 0 Å². The molecular weight excluding hydrogens is 276 g/mol. The largest absolute Gasteiger partial charge is 0.399 e. The van der Waals surface area contributed by atoms with E-state index in [1.54, 1.807) is 11.9 Å². The van der Waals surface area contributed by atoms with E-state index in [1.807, 2.05) is 20.8 Å². The van der Waals surface area contributed by atoms with Crippen LogP contribution in [0.15, 0.2) is 23.1 Å². The summed E-state index contributed by atoms with van der Waals surface area (Å²) in [7, 11) is -1.70. The summed E-state index contributed by atoms with van der Waals surface area (Å²) in [5.41, 5.74) is 6.20. The molecule has 112 valence electrons. The summed E-state index contributed by atoms with van der Waals surface area (Å²) in [5.74, 6) is -0.239. The summed E-state index contributed by atoms with van der Waals surface area (Å²) >= 11 is 0. The Bertz CT molecular complexity index is 616. The minimum atomic E-state index is -3.39. The van der Waals surface area contributed by atoms with Crippen molar-refractivity contribution in [1.82, 2.24) is 4.90 Å². The molecular formula is C14H22N2O3S. The van der Waals surface area contributed by atoms with Crippen molar-refractivity contribution in [1.29, 1.82) is 0 Å². The van der Waals surface area contributed by atoms with Gasteiger partial charge in [0.15, 0.2) is 9.84 Å². The fourth-order valence-corrected chi connectivity index (χ4v) is 2.65. The van der Waals surface area contributed by atoms with Crippen molar-refractivity contribution in [2.75, 3.05) is 25.6 Å². The summed E-state index contributed by atoms with van der Waals surface area (Å²) in [4.78, 5) is 14.0. The summed E-state index contributed by atoms with van der Waals surface area (Å²) in [6, 6.07) is 4.22. The first-order chi connectivity index (χ1) is 8.90. The Morgan fingerprint density at radius 1 is 1.25 bits per heavy atom. The quantitative estimate of drug-likeness (QED) is 0.863. The number of amides is 1. The van der Waals surface area contributed by atoms with Gasteiger partial charge in [0.1, 0.15) is 0 Å². The molecule has 0 aliphatic heterocycles. The van der Waals surface area contributed by atoms with E-state index >= 15 is 0 Å². The number of benzene rings is 1. The molecule has 0 fully saturated rings. The normalized spacial score (nSPS) is 12.2. The number of carbonyl (C=O) groups excluding carboxylic acids is 1. The van der Waals surface area contributed by atoms with Crippen molar-refractivity contribution in [2.45, 2.75) is 25.7 Å². The Hall–Kier alpha value is -1.56. The number of hydrogen-bond donors (Lipinski definition) is 1. The lowest BCUT2D eigenvalue weighted by atomic mass is 9.96. The molecule has 6 heteroatoms. The topological polar surface area (TPSA) is 80.5 Å². The lowest BCUT2D eigenvalue weighted by Gasteiger charge is -2.26. The highest BCUT2D eigenvalue weighted by Gasteiger charge is 2.20. The van der Waals surface area contributed by atoms with Crippen LogP contribution in [0.2, 0.25) is 0 Å². The molecule has 1 rings (SSSR count). The number of hydrogen-bond acceptors (Lipinski definition) is 4. The molecule has 1 aromatic rings. The molecule has 1 amide bonds. The van der Waals surface area contributed by atoms with Gasteiger partial charge in [-0.15, -0.1) is 0 Å². The van der Waals surface area contributed by atoms with Gasteiger partial charge in [-0.1, -0.05) is 20.8 Å². The highest BCUT2D eigenvalue weighted by Crippen LogP contribution is 2.20. The third-order valence-corrected chi connectivity index (χ3v) is 3.75. The van der Waals surface area contributed by atoms with Crippen LogP contribution in [0.1, 0.15) is 31.1 Å². The summed E-state index contributed by atoms with van der Waals surface area (Å²) in [5, 5.41) is 0. The van der Waals surface area contributed by atoms with Crippen LogP contribution < -0.4 is 5.73 Å². The molecule has 0 aliphatic rings. The maximum absolute atomic E-state index is 12.3. The van der Waals surface area contributed by atoms with Crippen LogP contribution in [0.5, 0.6) is 0 Å². The van der Waals surface area contributed by atoms with Crippen LogP contribution in [0.3, 0.4) is 0 Å². The molecule has 0 bridgehead atoms. The van der Waals surface area contributed by atoms with E-state index in [1.165, 1.54) is 18.2 Å². The van der Waals surface area contributed by atoms with Gasteiger partial charge >= 0.3 is 0 Å². The lowest BCUT2D eigenvalue weighted by Crippen LogP contribution is -2.34. The van der Waals surface area contributed by atoms with Gasteiger partial charge in [-0.05, 0) is 23.6 Å². The zero-order valence-electron chi connectivity index (χ0n) is 12.6. The summed E-state index contributed by atoms with van der Waals surface area (Å²) < 4.78 is 23.2. The van der Waals surface area contributed by atoms with E-state index in [0.717, 1.165) is 6.26 Å². The Morgan fingerprint density at radius 2 is 1.80 bits per heavy atom. The number of rotatable bonds is 3. The van der Waals surface area contributed by atoms with Crippen molar-refractivity contribution in [3.63, 3.8) is 0 Å². The van der Waals surface area contributed by atoms with Crippen LogP contribution in [0.25, 0.3) is 0 Å². The molecule has 0 spiro atoms. The highest BCUT2D eigenvalue weighted by molar-refractivity contribution is 7.90. The molecule has 5 nitrogen and oxygen atoms in total. The van der Waals surface area contributed by atoms with Gasteiger partial charge < -0.3 is 10.6 Å². The summed E-state index contributed by atoms with van der Waals surface area (Å²) in [6.07, 6.45) is 1.09. The number of nitrogens with two attached hydrogens (primary N) is 1. The SMILES string of the molecule is CN(CC(C)(C)C)C(=O)c1cc(N)cc(S(C)(=O)=O)c1. The second kappa shape index (κ2) is 5.44. The van der Waals surface area contributed by atoms with E-state index in [9.17, 15) is 13.2 Å². The van der Waals surface area contributed by atoms with Crippen LogP contribution in [-0.4, -0.2) is 39.1 Å². The van der Waals surface area contributed by atoms with Gasteiger partial charge in [-0.3, -0.25) is 4.79 Å². The van der Waals surface area contributed by atoms with E-state index in [4.69, 9.17) is 5.73 Å². The maximum atomic E-state index is 12.3. The van der Waals surface area contributed by atoms with Gasteiger partial charge in [-0.2, -0.15) is 0 Å². The Kier molecular flexibility index (Phi) is 4.49. The molecule has 0 saturated carbocycles. The lowest BCUT2D eigenvalue weighted by molar-refractivity contribution is 0.0745. The summed E-state index contributed by atoms with van der Waals surface area (Å²) in [6.45, 7) is 6.64. The number of nitrogen functional groups attached to an aromatic ring is 1. The predicted octanol–water partition coefficient (Wildman–Crippen LogP) is 1.79. The molecule has 0 radical (unpaired) electrons. The van der Waals surface area contributed by atoms with Crippen LogP contribution in [0, 0.1) is 5.41 Å². The van der Waals surface area contributed by atoms with Crippen molar-refractivity contribution in [3.8, 4) is 0 Å². The monoisotopic (exact) mass is 298 g/mol. The number of sulfone groups is 1. The zero-order chi connectivity index (χ0) is 15.7. The zero-order valence-corrected chi connectivity index (χ0v) is 13.4. The molecule has 0 heterocycles. The van der Waals surface area contributed by atoms with Crippen molar-refractivity contribution in [2.24, 2.45) is 5.41 Å². The smallest absolute Gasteiger partial charge is 0.253 e. The Morgan fingerprint density at radius 3 is 2.25 bits per heavy atom. The number of nitrogens with zero attached hydrogens (tertiary/aromatic N) is 1. The molecule has 0 unspecified atom stereocenters. The van der Waals surface area contributed by atoms with Crippen LogP contribution in [-0.2, 0) is 9.84 Å². The second-order valence-electron chi connectivity index (χ2n) is 6.28.